The summed E-state index contributed by atoms with van der Waals surface area (Å²) in [6.07, 6.45) is -3.54. The Balaban J connectivity index is 0.00000162. The summed E-state index contributed by atoms with van der Waals surface area (Å²) in [7, 11) is 0. The van der Waals surface area contributed by atoms with E-state index in [0.29, 0.717) is 0 Å². The number of nitrogens with one attached hydrogen (secondary N) is 2. The number of aliphatic hydroxyl groups is 3. The van der Waals surface area contributed by atoms with Crippen molar-refractivity contribution in [3.05, 3.63) is 32.6 Å². The van der Waals surface area contributed by atoms with Crippen LogP contribution < -0.4 is 11.2 Å². The van der Waals surface area contributed by atoms with Gasteiger partial charge in [-0.15, -0.1) is 0 Å². The number of aromatic amines is 2. The lowest BCUT2D eigenvalue weighted by molar-refractivity contribution is -0.0232. The topological polar surface area (TPSA) is 136 Å². The van der Waals surface area contributed by atoms with Gasteiger partial charge < -0.3 is 25.0 Å². The zero-order chi connectivity index (χ0) is 12.6. The Labute approximate surface area is 108 Å². The van der Waals surface area contributed by atoms with E-state index in [0.717, 1.165) is 6.20 Å². The van der Waals surface area contributed by atoms with Crippen molar-refractivity contribution >= 4 is 13.5 Å². The smallest absolute Gasteiger partial charge is 0.325 e. The third-order valence-corrected chi connectivity index (χ3v) is 2.70. The normalized spacial score (nSPS) is 31.1. The minimum Gasteiger partial charge on any atom is -0.394 e. The Morgan fingerprint density at radius 2 is 1.94 bits per heavy atom. The molecule has 0 bridgehead atoms. The van der Waals surface area contributed by atoms with Gasteiger partial charge in [-0.2, -0.15) is 13.5 Å². The first-order valence-corrected chi connectivity index (χ1v) is 4.99. The predicted octanol–water partition coefficient (Wildman–Crippen LogP) is -2.67. The quantitative estimate of drug-likeness (QED) is 0.400. The highest BCUT2D eigenvalue weighted by atomic mass is 32.1. The van der Waals surface area contributed by atoms with Gasteiger partial charge in [0.25, 0.3) is 5.56 Å². The van der Waals surface area contributed by atoms with Crippen molar-refractivity contribution in [2.45, 2.75) is 24.4 Å². The minimum absolute atomic E-state index is 0. The second-order valence-corrected chi connectivity index (χ2v) is 3.79. The lowest BCUT2D eigenvalue weighted by Crippen LogP contribution is -2.34. The molecule has 0 amide bonds. The summed E-state index contributed by atoms with van der Waals surface area (Å²) in [6.45, 7) is -0.476. The van der Waals surface area contributed by atoms with Crippen LogP contribution in [0.15, 0.2) is 15.8 Å². The SMILES string of the molecule is O=c1[nH]cc([C@@H]2O[C@H](CO)[C@@H](O)[C@H]2O)c(=O)[nH]1.S. The Kier molecular flexibility index (Phi) is 4.71. The number of hydrogen-bond acceptors (Lipinski definition) is 6. The van der Waals surface area contributed by atoms with Gasteiger partial charge in [0.1, 0.15) is 24.4 Å². The van der Waals surface area contributed by atoms with Crippen molar-refractivity contribution in [2.24, 2.45) is 0 Å². The van der Waals surface area contributed by atoms with Crippen LogP contribution in [-0.2, 0) is 4.74 Å². The maximum atomic E-state index is 11.5. The fraction of sp³-hybridized carbons (Fsp3) is 0.556. The largest absolute Gasteiger partial charge is 0.394 e. The number of aromatic nitrogens is 2. The van der Waals surface area contributed by atoms with Crippen LogP contribution in [0.3, 0.4) is 0 Å². The van der Waals surface area contributed by atoms with Crippen LogP contribution in [0.25, 0.3) is 0 Å². The molecule has 2 rings (SSSR count). The van der Waals surface area contributed by atoms with Crippen LogP contribution >= 0.6 is 13.5 Å². The molecule has 8 nitrogen and oxygen atoms in total. The summed E-state index contributed by atoms with van der Waals surface area (Å²) < 4.78 is 5.15. The molecule has 0 saturated carbocycles. The summed E-state index contributed by atoms with van der Waals surface area (Å²) in [5, 5.41) is 28.1. The molecule has 1 fully saturated rings. The molecule has 5 N–H and O–H groups in total. The number of H-pyrrole nitrogens is 2. The highest BCUT2D eigenvalue weighted by molar-refractivity contribution is 7.59. The summed E-state index contributed by atoms with van der Waals surface area (Å²) in [6, 6.07) is 0. The molecule has 0 spiro atoms. The Morgan fingerprint density at radius 1 is 1.28 bits per heavy atom. The molecule has 0 unspecified atom stereocenters. The average molecular weight is 278 g/mol. The van der Waals surface area contributed by atoms with Crippen molar-refractivity contribution in [1.82, 2.24) is 9.97 Å². The molecular weight excluding hydrogens is 264 g/mol. The maximum Gasteiger partial charge on any atom is 0.325 e. The van der Waals surface area contributed by atoms with Gasteiger partial charge in [-0.05, 0) is 0 Å². The number of rotatable bonds is 2. The second kappa shape index (κ2) is 5.67. The van der Waals surface area contributed by atoms with Gasteiger partial charge in [-0.25, -0.2) is 4.79 Å². The van der Waals surface area contributed by atoms with Crippen LogP contribution in [0.2, 0.25) is 0 Å². The molecule has 2 heterocycles. The van der Waals surface area contributed by atoms with Gasteiger partial charge in [-0.1, -0.05) is 0 Å². The monoisotopic (exact) mass is 278 g/mol. The Hall–Kier alpha value is -1.13. The van der Waals surface area contributed by atoms with Crippen LogP contribution in [0, 0.1) is 0 Å². The molecule has 1 aliphatic heterocycles. The van der Waals surface area contributed by atoms with E-state index in [1.165, 1.54) is 0 Å². The fourth-order valence-corrected chi connectivity index (χ4v) is 1.79. The standard InChI is InChI=1S/C9H12N2O6.H2S/c12-2-4-5(13)6(14)7(17-4)3-1-10-9(16)11-8(3)15;/h1,4-7,12-14H,2H2,(H2,10,11,15,16);1H2/t4-,5-,6-,7+;/m1./s1. The van der Waals surface area contributed by atoms with Crippen molar-refractivity contribution in [3.63, 3.8) is 0 Å². The van der Waals surface area contributed by atoms with Crippen molar-refractivity contribution in [1.29, 1.82) is 0 Å². The van der Waals surface area contributed by atoms with Crippen LogP contribution in [0.4, 0.5) is 0 Å². The van der Waals surface area contributed by atoms with Crippen molar-refractivity contribution < 1.29 is 20.1 Å². The third kappa shape index (κ3) is 2.49. The molecule has 1 aromatic heterocycles. The lowest BCUT2D eigenvalue weighted by atomic mass is 10.0. The first kappa shape index (κ1) is 14.9. The van der Waals surface area contributed by atoms with Crippen LogP contribution in [0.5, 0.6) is 0 Å². The van der Waals surface area contributed by atoms with Crippen molar-refractivity contribution in [2.75, 3.05) is 6.61 Å². The molecule has 18 heavy (non-hydrogen) atoms. The number of ether oxygens (including phenoxy) is 1. The lowest BCUT2D eigenvalue weighted by Gasteiger charge is -2.13. The van der Waals surface area contributed by atoms with E-state index in [9.17, 15) is 19.8 Å². The van der Waals surface area contributed by atoms with E-state index in [1.54, 1.807) is 0 Å². The van der Waals surface area contributed by atoms with E-state index < -0.39 is 42.3 Å². The van der Waals surface area contributed by atoms with Gasteiger partial charge in [0.15, 0.2) is 0 Å². The Bertz CT molecular complexity index is 514. The third-order valence-electron chi connectivity index (χ3n) is 2.70. The van der Waals surface area contributed by atoms with Gasteiger partial charge >= 0.3 is 5.69 Å². The minimum atomic E-state index is -1.33. The Morgan fingerprint density at radius 3 is 2.44 bits per heavy atom. The van der Waals surface area contributed by atoms with Crippen molar-refractivity contribution in [3.8, 4) is 0 Å². The molecule has 9 heteroatoms. The van der Waals surface area contributed by atoms with E-state index in [4.69, 9.17) is 9.84 Å². The van der Waals surface area contributed by atoms with Gasteiger partial charge in [-0.3, -0.25) is 9.78 Å². The molecule has 1 saturated heterocycles. The second-order valence-electron chi connectivity index (χ2n) is 3.79. The molecule has 0 aromatic carbocycles. The first-order valence-electron chi connectivity index (χ1n) is 4.99. The number of hydrogen-bond donors (Lipinski definition) is 5. The highest BCUT2D eigenvalue weighted by Crippen LogP contribution is 2.31. The zero-order valence-electron chi connectivity index (χ0n) is 9.16. The summed E-state index contributed by atoms with van der Waals surface area (Å²) >= 11 is 0. The van der Waals surface area contributed by atoms with E-state index in [1.807, 2.05) is 4.98 Å². The molecule has 4 atom stereocenters. The maximum absolute atomic E-state index is 11.5. The van der Waals surface area contributed by atoms with Gasteiger partial charge in [0, 0.05) is 6.20 Å². The molecular formula is C9H14N2O6S. The summed E-state index contributed by atoms with van der Waals surface area (Å²) in [5.41, 5.74) is -1.39. The van der Waals surface area contributed by atoms with Crippen LogP contribution in [0.1, 0.15) is 11.7 Å². The molecule has 0 radical (unpaired) electrons. The summed E-state index contributed by atoms with van der Waals surface area (Å²) in [5.74, 6) is 0. The van der Waals surface area contributed by atoms with Gasteiger partial charge in [0.2, 0.25) is 0 Å². The molecule has 1 aromatic rings. The van der Waals surface area contributed by atoms with E-state index in [-0.39, 0.29) is 19.1 Å². The van der Waals surface area contributed by atoms with E-state index in [2.05, 4.69) is 4.98 Å². The fourth-order valence-electron chi connectivity index (χ4n) is 1.79. The van der Waals surface area contributed by atoms with E-state index >= 15 is 0 Å². The molecule has 1 aliphatic rings. The molecule has 0 aliphatic carbocycles. The zero-order valence-corrected chi connectivity index (χ0v) is 10.2. The first-order chi connectivity index (χ1) is 8.04. The highest BCUT2D eigenvalue weighted by Gasteiger charge is 2.44. The average Bonchev–Trinajstić information content (AvgIpc) is 2.57. The van der Waals surface area contributed by atoms with Gasteiger partial charge in [0.05, 0.1) is 12.2 Å². The summed E-state index contributed by atoms with van der Waals surface area (Å²) in [4.78, 5) is 26.5. The molecule has 102 valence electrons. The predicted molar refractivity (Wildman–Crippen MR) is 64.8 cm³/mol. The number of aliphatic hydroxyl groups excluding tert-OH is 3. The van der Waals surface area contributed by atoms with Crippen LogP contribution in [-0.4, -0.2) is 50.2 Å².